The van der Waals surface area contributed by atoms with E-state index in [0.29, 0.717) is 31.4 Å². The molecular formula is C32H33F6N7O. The van der Waals surface area contributed by atoms with Gasteiger partial charge in [0.25, 0.3) is 0 Å². The molecule has 2 bridgehead atoms. The number of aromatic nitrogens is 4. The largest absolute Gasteiger partial charge is 0.461 e. The van der Waals surface area contributed by atoms with Crippen molar-refractivity contribution in [3.8, 4) is 17.1 Å². The number of benzene rings is 2. The van der Waals surface area contributed by atoms with Gasteiger partial charge in [0.05, 0.1) is 28.4 Å². The molecule has 4 aromatic rings. The lowest BCUT2D eigenvalue weighted by Crippen LogP contribution is -2.51. The van der Waals surface area contributed by atoms with E-state index in [-0.39, 0.29) is 52.5 Å². The van der Waals surface area contributed by atoms with Gasteiger partial charge in [-0.2, -0.15) is 28.2 Å². The summed E-state index contributed by atoms with van der Waals surface area (Å²) >= 11 is 0. The van der Waals surface area contributed by atoms with Gasteiger partial charge in [0, 0.05) is 61.5 Å². The zero-order valence-corrected chi connectivity index (χ0v) is 25.4. The molecule has 4 saturated heterocycles. The lowest BCUT2D eigenvalue weighted by molar-refractivity contribution is -0.137. The van der Waals surface area contributed by atoms with Crippen molar-refractivity contribution in [2.45, 2.75) is 69.0 Å². The van der Waals surface area contributed by atoms with Crippen molar-refractivity contribution in [3.63, 3.8) is 0 Å². The van der Waals surface area contributed by atoms with E-state index in [1.165, 1.54) is 30.9 Å². The summed E-state index contributed by atoms with van der Waals surface area (Å²) in [6.45, 7) is 3.45. The Morgan fingerprint density at radius 1 is 1.07 bits per heavy atom. The average molecular weight is 646 g/mol. The number of anilines is 1. The Hall–Kier alpha value is -3.65. The number of ether oxygens (including phenoxy) is 1. The zero-order valence-electron chi connectivity index (χ0n) is 25.4. The zero-order chi connectivity index (χ0) is 32.1. The molecule has 8 rings (SSSR count). The van der Waals surface area contributed by atoms with Crippen LogP contribution in [0, 0.1) is 18.6 Å². The molecule has 1 N–H and O–H groups in total. The summed E-state index contributed by atoms with van der Waals surface area (Å²) in [5.74, 6) is -2.16. The second-order valence-corrected chi connectivity index (χ2v) is 13.3. The Labute approximate surface area is 260 Å². The maximum Gasteiger partial charge on any atom is 0.417 e. The van der Waals surface area contributed by atoms with Crippen molar-refractivity contribution < 1.29 is 31.1 Å². The van der Waals surface area contributed by atoms with E-state index >= 15 is 8.78 Å². The SMILES string of the molecule is Cc1cc2cnn(C)c2c(-c2c(F)cc3c(N4CC5CCC(C4)N5)nc(OC[C@@]45CCCN4C[C@H](F)C5)nc3c2F)c1C(F)(F)F. The highest BCUT2D eigenvalue weighted by molar-refractivity contribution is 6.01. The lowest BCUT2D eigenvalue weighted by atomic mass is 9.91. The molecule has 0 spiro atoms. The van der Waals surface area contributed by atoms with E-state index in [2.05, 4.69) is 25.3 Å². The van der Waals surface area contributed by atoms with Crippen LogP contribution >= 0.6 is 0 Å². The predicted molar refractivity (Wildman–Crippen MR) is 160 cm³/mol. The van der Waals surface area contributed by atoms with Crippen LogP contribution < -0.4 is 15.0 Å². The van der Waals surface area contributed by atoms with E-state index < -0.39 is 46.2 Å². The number of nitrogens with one attached hydrogen (secondary N) is 1. The molecular weight excluding hydrogens is 612 g/mol. The first-order chi connectivity index (χ1) is 21.9. The molecule has 0 aliphatic carbocycles. The number of piperazine rings is 1. The average Bonchev–Trinajstić information content (AvgIpc) is 3.73. The van der Waals surface area contributed by atoms with E-state index in [0.717, 1.165) is 38.3 Å². The number of alkyl halides is 4. The van der Waals surface area contributed by atoms with Gasteiger partial charge in [0.1, 0.15) is 29.9 Å². The number of aryl methyl sites for hydroxylation is 2. The van der Waals surface area contributed by atoms with Crippen LogP contribution in [0.3, 0.4) is 0 Å². The van der Waals surface area contributed by atoms with Crippen molar-refractivity contribution in [1.29, 1.82) is 0 Å². The third-order valence-corrected chi connectivity index (χ3v) is 10.3. The first-order valence-corrected chi connectivity index (χ1v) is 15.7. The molecule has 0 radical (unpaired) electrons. The van der Waals surface area contributed by atoms with Crippen LogP contribution in [0.15, 0.2) is 18.3 Å². The molecule has 0 amide bonds. The summed E-state index contributed by atoms with van der Waals surface area (Å²) in [5, 5.41) is 7.96. The minimum Gasteiger partial charge on any atom is -0.461 e. The molecule has 0 saturated carbocycles. The molecule has 8 nitrogen and oxygen atoms in total. The Morgan fingerprint density at radius 2 is 1.83 bits per heavy atom. The van der Waals surface area contributed by atoms with Crippen molar-refractivity contribution in [1.82, 2.24) is 30.0 Å². The Morgan fingerprint density at radius 3 is 2.57 bits per heavy atom. The summed E-state index contributed by atoms with van der Waals surface area (Å²) in [4.78, 5) is 13.0. The molecule has 46 heavy (non-hydrogen) atoms. The first-order valence-electron chi connectivity index (χ1n) is 15.7. The number of nitrogens with zero attached hydrogens (tertiary/aromatic N) is 6. The van der Waals surface area contributed by atoms with Crippen LogP contribution in [0.5, 0.6) is 6.01 Å². The Balaban J connectivity index is 1.33. The van der Waals surface area contributed by atoms with Crippen LogP contribution in [0.1, 0.15) is 43.2 Å². The number of rotatable bonds is 5. The second kappa shape index (κ2) is 10.4. The van der Waals surface area contributed by atoms with Crippen molar-refractivity contribution in [2.24, 2.45) is 7.05 Å². The second-order valence-electron chi connectivity index (χ2n) is 13.3. The highest BCUT2D eigenvalue weighted by Crippen LogP contribution is 2.47. The summed E-state index contributed by atoms with van der Waals surface area (Å²) in [5.41, 5.74) is -3.74. The molecule has 4 aliphatic heterocycles. The first kappa shape index (κ1) is 29.7. The van der Waals surface area contributed by atoms with Crippen molar-refractivity contribution >= 4 is 27.6 Å². The molecule has 2 aromatic carbocycles. The lowest BCUT2D eigenvalue weighted by Gasteiger charge is -2.34. The molecule has 4 atom stereocenters. The van der Waals surface area contributed by atoms with Gasteiger partial charge in [0.2, 0.25) is 0 Å². The van der Waals surface area contributed by atoms with Gasteiger partial charge in [-0.3, -0.25) is 9.58 Å². The van der Waals surface area contributed by atoms with Crippen molar-refractivity contribution in [3.05, 3.63) is 41.1 Å². The smallest absolute Gasteiger partial charge is 0.417 e. The van der Waals surface area contributed by atoms with Crippen LogP contribution in [-0.4, -0.2) is 81.2 Å². The van der Waals surface area contributed by atoms with Gasteiger partial charge in [-0.15, -0.1) is 0 Å². The molecule has 14 heteroatoms. The van der Waals surface area contributed by atoms with Crippen LogP contribution in [0.4, 0.5) is 32.2 Å². The number of halogens is 6. The standard InChI is InChI=1S/C32H33F6N7O/c1-16-8-17-11-39-43(2)28(17)24(25(16)32(36,37)38)23-22(34)9-21-27(26(23)35)41-30(42-29(21)44-13-19-4-5-20(14-44)40-19)46-15-31-6-3-7-45(31)12-18(33)10-31/h8-9,11,18-20,40H,3-7,10,12-15H2,1-2H3/t18-,19?,20?,31+/m1/s1. The number of hydrogen-bond donors (Lipinski definition) is 1. The monoisotopic (exact) mass is 645 g/mol. The minimum atomic E-state index is -4.92. The van der Waals surface area contributed by atoms with Crippen molar-refractivity contribution in [2.75, 3.05) is 37.7 Å². The van der Waals surface area contributed by atoms with E-state index in [1.54, 1.807) is 0 Å². The van der Waals surface area contributed by atoms with Crippen LogP contribution in [0.25, 0.3) is 32.9 Å². The van der Waals surface area contributed by atoms with Gasteiger partial charge in [0.15, 0.2) is 5.82 Å². The molecule has 6 heterocycles. The minimum absolute atomic E-state index is 0.0419. The molecule has 2 aromatic heterocycles. The summed E-state index contributed by atoms with van der Waals surface area (Å²) in [6, 6.07) is 2.48. The van der Waals surface area contributed by atoms with Gasteiger partial charge >= 0.3 is 12.2 Å². The quantitative estimate of drug-likeness (QED) is 0.280. The van der Waals surface area contributed by atoms with Gasteiger partial charge in [-0.1, -0.05) is 0 Å². The molecule has 4 aliphatic rings. The van der Waals surface area contributed by atoms with Crippen LogP contribution in [0.2, 0.25) is 0 Å². The Kier molecular flexibility index (Phi) is 6.74. The van der Waals surface area contributed by atoms with Gasteiger partial charge in [-0.05, 0) is 56.8 Å². The maximum absolute atomic E-state index is 16.9. The van der Waals surface area contributed by atoms with Gasteiger partial charge < -0.3 is 15.0 Å². The summed E-state index contributed by atoms with van der Waals surface area (Å²) in [7, 11) is 1.43. The summed E-state index contributed by atoms with van der Waals surface area (Å²) in [6.07, 6.45) is -0.740. The van der Waals surface area contributed by atoms with E-state index in [4.69, 9.17) is 4.74 Å². The number of fused-ring (bicyclic) bond motifs is 5. The maximum atomic E-state index is 16.9. The van der Waals surface area contributed by atoms with E-state index in [9.17, 15) is 17.6 Å². The fourth-order valence-electron chi connectivity index (χ4n) is 8.41. The van der Waals surface area contributed by atoms with Gasteiger partial charge in [-0.25, -0.2) is 13.2 Å². The topological polar surface area (TPSA) is 71.3 Å². The van der Waals surface area contributed by atoms with E-state index in [1.807, 2.05) is 4.90 Å². The fourth-order valence-corrected chi connectivity index (χ4v) is 8.41. The third-order valence-electron chi connectivity index (χ3n) is 10.3. The predicted octanol–water partition coefficient (Wildman–Crippen LogP) is 5.68. The molecule has 244 valence electrons. The molecule has 2 unspecified atom stereocenters. The highest BCUT2D eigenvalue weighted by atomic mass is 19.4. The number of hydrogen-bond acceptors (Lipinski definition) is 7. The van der Waals surface area contributed by atoms with Crippen LogP contribution in [-0.2, 0) is 13.2 Å². The highest BCUT2D eigenvalue weighted by Gasteiger charge is 2.49. The fraction of sp³-hybridized carbons (Fsp3) is 0.531. The Bertz CT molecular complexity index is 1870. The normalized spacial score (nSPS) is 26.5. The summed E-state index contributed by atoms with van der Waals surface area (Å²) < 4.78 is 98.8. The molecule has 4 fully saturated rings. The third kappa shape index (κ3) is 4.62.